The molecule has 254 valence electrons. The predicted octanol–water partition coefficient (Wildman–Crippen LogP) is 13.6. The van der Waals surface area contributed by atoms with E-state index < -0.39 is 0 Å². The van der Waals surface area contributed by atoms with E-state index >= 15 is 0 Å². The summed E-state index contributed by atoms with van der Waals surface area (Å²) < 4.78 is 6.99. The summed E-state index contributed by atoms with van der Waals surface area (Å²) in [6.45, 7) is 2.37. The average Bonchev–Trinajstić information content (AvgIpc) is 3.45. The van der Waals surface area contributed by atoms with E-state index in [1.807, 2.05) is 0 Å². The minimum atomic E-state index is -0.00757. The number of aliphatic imine (C=N–C) groups is 1. The highest BCUT2D eigenvalue weighted by Gasteiger charge is 2.34. The van der Waals surface area contributed by atoms with Gasteiger partial charge in [0.2, 0.25) is 0 Å². The third kappa shape index (κ3) is 5.54. The second-order valence-corrected chi connectivity index (χ2v) is 14.6. The van der Waals surface area contributed by atoms with Crippen LogP contribution in [0.2, 0.25) is 0 Å². The maximum Gasteiger partial charge on any atom is 0.143 e. The number of hydrogen-bond acceptors (Lipinski definition) is 2. The molecule has 0 radical (unpaired) electrons. The van der Waals surface area contributed by atoms with E-state index in [2.05, 4.69) is 183 Å². The second-order valence-electron chi connectivity index (χ2n) is 14.6. The lowest BCUT2D eigenvalue weighted by Gasteiger charge is -2.34. The van der Waals surface area contributed by atoms with Crippen molar-refractivity contribution in [3.8, 4) is 22.3 Å². The SMILES string of the molecule is CC1c2ccccc2-c2c(ccc3c2oc2cc(C4CCC(c5ccccc5)=CC(c5ccc(-c6ccccc6)cc5)=N4)ccc23)C1c1ccccc1. The molecule has 1 aliphatic heterocycles. The molecule has 2 aliphatic rings. The van der Waals surface area contributed by atoms with Gasteiger partial charge in [0.1, 0.15) is 11.2 Å². The lowest BCUT2D eigenvalue weighted by Crippen LogP contribution is -2.17. The molecule has 0 fully saturated rings. The van der Waals surface area contributed by atoms with Crippen LogP contribution in [0.4, 0.5) is 0 Å². The van der Waals surface area contributed by atoms with Crippen LogP contribution in [-0.4, -0.2) is 5.71 Å². The molecule has 3 unspecified atom stereocenters. The zero-order chi connectivity index (χ0) is 35.3. The summed E-state index contributed by atoms with van der Waals surface area (Å²) in [6, 6.07) is 61.5. The summed E-state index contributed by atoms with van der Waals surface area (Å²) >= 11 is 0. The number of fused-ring (bicyclic) bond motifs is 7. The first kappa shape index (κ1) is 31.5. The van der Waals surface area contributed by atoms with Crippen molar-refractivity contribution >= 4 is 33.2 Å². The van der Waals surface area contributed by atoms with Crippen molar-refractivity contribution in [3.05, 3.63) is 209 Å². The van der Waals surface area contributed by atoms with Gasteiger partial charge in [-0.3, -0.25) is 4.99 Å². The topological polar surface area (TPSA) is 25.5 Å². The van der Waals surface area contributed by atoms with Crippen LogP contribution in [0.3, 0.4) is 0 Å². The van der Waals surface area contributed by atoms with Crippen LogP contribution in [-0.2, 0) is 0 Å². The molecule has 0 saturated carbocycles. The Morgan fingerprint density at radius 3 is 1.96 bits per heavy atom. The van der Waals surface area contributed by atoms with Crippen molar-refractivity contribution in [1.29, 1.82) is 0 Å². The standard InChI is InChI=1S/C51H39NO/c1-33-41-19-11-12-20-43(41)50-45(49(33)38-17-9-4-10-18-38)29-28-44-42-27-25-40(32-48(42)53-51(44)50)46-30-26-39(35-15-7-3-8-16-35)31-47(52-46)37-23-21-36(22-24-37)34-13-5-2-6-14-34/h2-25,27-29,31-33,46,49H,26,30H2,1H3. The van der Waals surface area contributed by atoms with Gasteiger partial charge in [-0.2, -0.15) is 0 Å². The van der Waals surface area contributed by atoms with E-state index in [9.17, 15) is 0 Å². The smallest absolute Gasteiger partial charge is 0.143 e. The Morgan fingerprint density at radius 1 is 0.547 bits per heavy atom. The van der Waals surface area contributed by atoms with Gasteiger partial charge in [0.05, 0.1) is 11.8 Å². The van der Waals surface area contributed by atoms with E-state index in [-0.39, 0.29) is 12.0 Å². The third-order valence-corrected chi connectivity index (χ3v) is 11.5. The highest BCUT2D eigenvalue weighted by molar-refractivity contribution is 6.13. The van der Waals surface area contributed by atoms with Gasteiger partial charge < -0.3 is 4.42 Å². The first-order valence-electron chi connectivity index (χ1n) is 18.8. The lowest BCUT2D eigenvalue weighted by atomic mass is 9.69. The van der Waals surface area contributed by atoms with E-state index in [0.717, 1.165) is 46.1 Å². The molecule has 7 aromatic carbocycles. The monoisotopic (exact) mass is 681 g/mol. The van der Waals surface area contributed by atoms with Crippen LogP contribution in [0.5, 0.6) is 0 Å². The fourth-order valence-corrected chi connectivity index (χ4v) is 8.86. The van der Waals surface area contributed by atoms with Gasteiger partial charge in [-0.15, -0.1) is 0 Å². The zero-order valence-corrected chi connectivity index (χ0v) is 29.7. The van der Waals surface area contributed by atoms with Crippen LogP contribution < -0.4 is 0 Å². The molecule has 0 spiro atoms. The number of furan rings is 1. The number of rotatable bonds is 5. The maximum atomic E-state index is 6.99. The maximum absolute atomic E-state index is 6.99. The Balaban J connectivity index is 1.08. The molecular formula is C51H39NO. The molecule has 53 heavy (non-hydrogen) atoms. The van der Waals surface area contributed by atoms with Crippen molar-refractivity contribution in [2.75, 3.05) is 0 Å². The van der Waals surface area contributed by atoms with Crippen molar-refractivity contribution in [1.82, 2.24) is 0 Å². The van der Waals surface area contributed by atoms with Gasteiger partial charge in [-0.1, -0.05) is 171 Å². The molecular weight excluding hydrogens is 643 g/mol. The molecule has 2 heterocycles. The van der Waals surface area contributed by atoms with Crippen LogP contribution in [0, 0.1) is 0 Å². The van der Waals surface area contributed by atoms with Crippen LogP contribution >= 0.6 is 0 Å². The molecule has 3 atom stereocenters. The summed E-state index contributed by atoms with van der Waals surface area (Å²) in [5.74, 6) is 0.599. The van der Waals surface area contributed by atoms with Gasteiger partial charge in [0.15, 0.2) is 0 Å². The summed E-state index contributed by atoms with van der Waals surface area (Å²) in [7, 11) is 0. The van der Waals surface area contributed by atoms with Gasteiger partial charge in [0.25, 0.3) is 0 Å². The Hall–Kier alpha value is -6.25. The number of benzene rings is 7. The van der Waals surface area contributed by atoms with Crippen LogP contribution in [0.1, 0.15) is 71.0 Å². The van der Waals surface area contributed by atoms with E-state index in [1.165, 1.54) is 55.6 Å². The highest BCUT2D eigenvalue weighted by atomic mass is 16.3. The van der Waals surface area contributed by atoms with Crippen molar-refractivity contribution in [3.63, 3.8) is 0 Å². The quantitative estimate of drug-likeness (QED) is 0.177. The zero-order valence-electron chi connectivity index (χ0n) is 29.7. The number of nitrogens with zero attached hydrogens (tertiary/aromatic N) is 1. The summed E-state index contributed by atoms with van der Waals surface area (Å²) in [5.41, 5.74) is 16.8. The van der Waals surface area contributed by atoms with E-state index in [4.69, 9.17) is 9.41 Å². The van der Waals surface area contributed by atoms with Gasteiger partial charge in [0, 0.05) is 22.3 Å². The fourth-order valence-electron chi connectivity index (χ4n) is 8.86. The Morgan fingerprint density at radius 2 is 1.19 bits per heavy atom. The summed E-state index contributed by atoms with van der Waals surface area (Å²) in [6.07, 6.45) is 4.16. The summed E-state index contributed by atoms with van der Waals surface area (Å²) in [4.78, 5) is 5.51. The van der Waals surface area contributed by atoms with E-state index in [1.54, 1.807) is 0 Å². The minimum absolute atomic E-state index is 0.00757. The van der Waals surface area contributed by atoms with E-state index in [0.29, 0.717) is 5.92 Å². The third-order valence-electron chi connectivity index (χ3n) is 11.5. The van der Waals surface area contributed by atoms with Crippen molar-refractivity contribution in [2.24, 2.45) is 4.99 Å². The average molecular weight is 682 g/mol. The molecule has 1 aromatic heterocycles. The molecule has 0 bridgehead atoms. The fraction of sp³-hybridized carbons (Fsp3) is 0.118. The minimum Gasteiger partial charge on any atom is -0.455 e. The molecule has 8 aromatic rings. The van der Waals surface area contributed by atoms with Crippen LogP contribution in [0.25, 0.3) is 49.8 Å². The molecule has 0 saturated heterocycles. The van der Waals surface area contributed by atoms with Gasteiger partial charge >= 0.3 is 0 Å². The highest BCUT2D eigenvalue weighted by Crippen LogP contribution is 2.53. The Kier molecular flexibility index (Phi) is 7.76. The number of hydrogen-bond donors (Lipinski definition) is 0. The molecule has 2 heteroatoms. The summed E-state index contributed by atoms with van der Waals surface area (Å²) in [5, 5.41) is 2.31. The molecule has 10 rings (SSSR count). The van der Waals surface area contributed by atoms with Crippen molar-refractivity contribution in [2.45, 2.75) is 37.6 Å². The lowest BCUT2D eigenvalue weighted by molar-refractivity contribution is 0.638. The first-order chi connectivity index (χ1) is 26.2. The molecule has 2 nitrogen and oxygen atoms in total. The van der Waals surface area contributed by atoms with Crippen LogP contribution in [0.15, 0.2) is 185 Å². The van der Waals surface area contributed by atoms with Gasteiger partial charge in [-0.05, 0) is 86.5 Å². The first-order valence-corrected chi connectivity index (χ1v) is 18.8. The normalized spacial score (nSPS) is 18.2. The largest absolute Gasteiger partial charge is 0.455 e. The Labute approximate surface area is 310 Å². The Bertz CT molecular complexity index is 2670. The molecule has 0 N–H and O–H groups in total. The van der Waals surface area contributed by atoms with Crippen molar-refractivity contribution < 1.29 is 4.42 Å². The molecule has 1 aliphatic carbocycles. The number of allylic oxidation sites excluding steroid dienone is 2. The molecule has 0 amide bonds. The predicted molar refractivity (Wildman–Crippen MR) is 221 cm³/mol. The second kappa shape index (κ2) is 13.1. The van der Waals surface area contributed by atoms with Gasteiger partial charge in [-0.25, -0.2) is 0 Å².